The van der Waals surface area contributed by atoms with Crippen molar-refractivity contribution >= 4 is 11.0 Å². The van der Waals surface area contributed by atoms with Gasteiger partial charge in [-0.25, -0.2) is 4.79 Å². The highest BCUT2D eigenvalue weighted by atomic mass is 16.5. The van der Waals surface area contributed by atoms with Crippen molar-refractivity contribution in [1.29, 1.82) is 0 Å². The first-order valence-electron chi connectivity index (χ1n) is 7.71. The molecule has 0 atom stereocenters. The summed E-state index contributed by atoms with van der Waals surface area (Å²) in [6, 6.07) is 8.91. The summed E-state index contributed by atoms with van der Waals surface area (Å²) in [5, 5.41) is 0.858. The summed E-state index contributed by atoms with van der Waals surface area (Å²) < 4.78 is 10.9. The summed E-state index contributed by atoms with van der Waals surface area (Å²) in [4.78, 5) is 14.0. The fraction of sp³-hybridized carbons (Fsp3) is 0.471. The maximum Gasteiger partial charge on any atom is 0.339 e. The van der Waals surface area contributed by atoms with Crippen LogP contribution in [0, 0.1) is 0 Å². The molecule has 2 aromatic rings. The van der Waals surface area contributed by atoms with Crippen molar-refractivity contribution < 1.29 is 9.15 Å². The van der Waals surface area contributed by atoms with Crippen molar-refractivity contribution in [3.05, 3.63) is 40.8 Å². The number of fused-ring (bicyclic) bond motifs is 1. The second-order valence-electron chi connectivity index (χ2n) is 5.53. The van der Waals surface area contributed by atoms with E-state index in [9.17, 15) is 4.79 Å². The van der Waals surface area contributed by atoms with E-state index in [1.807, 2.05) is 18.2 Å². The highest BCUT2D eigenvalue weighted by molar-refractivity contribution is 5.82. The van der Waals surface area contributed by atoms with Gasteiger partial charge in [-0.05, 0) is 57.5 Å². The van der Waals surface area contributed by atoms with Crippen molar-refractivity contribution in [3.63, 3.8) is 0 Å². The van der Waals surface area contributed by atoms with Crippen LogP contribution in [0.5, 0.6) is 5.75 Å². The third kappa shape index (κ3) is 3.64. The first kappa shape index (κ1) is 14.1. The van der Waals surface area contributed by atoms with Gasteiger partial charge in [0.25, 0.3) is 0 Å². The molecule has 3 rings (SSSR count). The Bertz CT molecular complexity index is 644. The lowest BCUT2D eigenvalue weighted by Crippen LogP contribution is -2.20. The Morgan fingerprint density at radius 1 is 1.14 bits per heavy atom. The van der Waals surface area contributed by atoms with Gasteiger partial charge < -0.3 is 14.1 Å². The molecule has 1 saturated heterocycles. The number of nitrogens with zero attached hydrogens (tertiary/aromatic N) is 1. The first-order valence-corrected chi connectivity index (χ1v) is 7.71. The number of hydrogen-bond acceptors (Lipinski definition) is 4. The van der Waals surface area contributed by atoms with Crippen LogP contribution in [0.2, 0.25) is 0 Å². The quantitative estimate of drug-likeness (QED) is 0.605. The molecule has 4 nitrogen and oxygen atoms in total. The number of unbranched alkanes of at least 4 members (excludes halogenated alkanes) is 1. The van der Waals surface area contributed by atoms with Crippen molar-refractivity contribution in [2.24, 2.45) is 0 Å². The van der Waals surface area contributed by atoms with E-state index in [4.69, 9.17) is 9.15 Å². The van der Waals surface area contributed by atoms with Crippen molar-refractivity contribution in [3.8, 4) is 5.75 Å². The van der Waals surface area contributed by atoms with E-state index in [-0.39, 0.29) is 5.63 Å². The molecule has 4 heteroatoms. The first-order chi connectivity index (χ1) is 10.3. The highest BCUT2D eigenvalue weighted by Crippen LogP contribution is 2.23. The largest absolute Gasteiger partial charge is 0.493 e. The second kappa shape index (κ2) is 6.76. The number of ether oxygens (including phenoxy) is 1. The molecule has 0 unspecified atom stereocenters. The molecule has 0 bridgehead atoms. The van der Waals surface area contributed by atoms with E-state index in [1.54, 1.807) is 6.07 Å². The summed E-state index contributed by atoms with van der Waals surface area (Å²) >= 11 is 0. The molecule has 112 valence electrons. The van der Waals surface area contributed by atoms with Gasteiger partial charge in [-0.15, -0.1) is 0 Å². The monoisotopic (exact) mass is 287 g/mol. The van der Waals surface area contributed by atoms with Crippen LogP contribution >= 0.6 is 0 Å². The molecule has 1 fully saturated rings. The van der Waals surface area contributed by atoms with Crippen LogP contribution in [0.15, 0.2) is 39.5 Å². The Hall–Kier alpha value is -1.81. The molecular weight excluding hydrogens is 266 g/mol. The third-order valence-corrected chi connectivity index (χ3v) is 3.94. The minimum atomic E-state index is -0.360. The number of hydrogen-bond donors (Lipinski definition) is 0. The Balaban J connectivity index is 1.54. The van der Waals surface area contributed by atoms with E-state index in [2.05, 4.69) is 4.90 Å². The van der Waals surface area contributed by atoms with Gasteiger partial charge in [-0.3, -0.25) is 0 Å². The molecule has 1 aliphatic heterocycles. The lowest BCUT2D eigenvalue weighted by atomic mass is 10.2. The van der Waals surface area contributed by atoms with E-state index in [0.29, 0.717) is 17.9 Å². The Morgan fingerprint density at radius 2 is 1.95 bits per heavy atom. The maximum atomic E-state index is 11.5. The van der Waals surface area contributed by atoms with Crippen LogP contribution in [-0.2, 0) is 0 Å². The Morgan fingerprint density at radius 3 is 2.81 bits per heavy atom. The molecule has 0 amide bonds. The van der Waals surface area contributed by atoms with Crippen LogP contribution in [-0.4, -0.2) is 31.1 Å². The van der Waals surface area contributed by atoms with Gasteiger partial charge in [0.2, 0.25) is 0 Å². The van der Waals surface area contributed by atoms with Crippen molar-refractivity contribution in [2.75, 3.05) is 26.2 Å². The molecule has 0 aliphatic carbocycles. The molecule has 21 heavy (non-hydrogen) atoms. The SMILES string of the molecule is O=c1cc(OCCCCN2CCCC2)c2ccccc2o1. The molecule has 0 saturated carbocycles. The third-order valence-electron chi connectivity index (χ3n) is 3.94. The van der Waals surface area contributed by atoms with Crippen molar-refractivity contribution in [1.82, 2.24) is 4.90 Å². The lowest BCUT2D eigenvalue weighted by molar-refractivity contribution is 0.280. The average molecular weight is 287 g/mol. The number of para-hydroxylation sites is 1. The predicted molar refractivity (Wildman–Crippen MR) is 82.9 cm³/mol. The molecule has 1 aliphatic rings. The fourth-order valence-corrected chi connectivity index (χ4v) is 2.83. The van der Waals surface area contributed by atoms with Gasteiger partial charge in [0.15, 0.2) is 0 Å². The number of benzene rings is 1. The van der Waals surface area contributed by atoms with E-state index in [0.717, 1.165) is 24.8 Å². The Kier molecular flexibility index (Phi) is 4.55. The molecule has 0 N–H and O–H groups in total. The van der Waals surface area contributed by atoms with Gasteiger partial charge in [0.1, 0.15) is 11.3 Å². The second-order valence-corrected chi connectivity index (χ2v) is 5.53. The minimum absolute atomic E-state index is 0.360. The van der Waals surface area contributed by atoms with Crippen LogP contribution in [0.25, 0.3) is 11.0 Å². The Labute approximate surface area is 124 Å². The zero-order valence-electron chi connectivity index (χ0n) is 12.2. The summed E-state index contributed by atoms with van der Waals surface area (Å²) in [6.07, 6.45) is 4.81. The van der Waals surface area contributed by atoms with E-state index in [1.165, 1.54) is 32.0 Å². The normalized spacial score (nSPS) is 15.6. The number of rotatable bonds is 6. The summed E-state index contributed by atoms with van der Waals surface area (Å²) in [5.74, 6) is 0.628. The smallest absolute Gasteiger partial charge is 0.339 e. The van der Waals surface area contributed by atoms with E-state index < -0.39 is 0 Å². The molecule has 0 spiro atoms. The van der Waals surface area contributed by atoms with Crippen LogP contribution < -0.4 is 10.4 Å². The van der Waals surface area contributed by atoms with Crippen molar-refractivity contribution in [2.45, 2.75) is 25.7 Å². The van der Waals surface area contributed by atoms with Crippen LogP contribution in [0.4, 0.5) is 0 Å². The fourth-order valence-electron chi connectivity index (χ4n) is 2.83. The molecule has 1 aromatic carbocycles. The summed E-state index contributed by atoms with van der Waals surface area (Å²) in [7, 11) is 0. The predicted octanol–water partition coefficient (Wildman–Crippen LogP) is 3.05. The number of likely N-dealkylation sites (tertiary alicyclic amines) is 1. The standard InChI is InChI=1S/C17H21NO3/c19-17-13-16(14-7-1-2-8-15(14)21-17)20-12-6-5-11-18-9-3-4-10-18/h1-2,7-8,13H,3-6,9-12H2. The van der Waals surface area contributed by atoms with Crippen LogP contribution in [0.3, 0.4) is 0 Å². The highest BCUT2D eigenvalue weighted by Gasteiger charge is 2.10. The summed E-state index contributed by atoms with van der Waals surface area (Å²) in [6.45, 7) is 4.28. The molecule has 1 aromatic heterocycles. The van der Waals surface area contributed by atoms with Gasteiger partial charge in [-0.2, -0.15) is 0 Å². The van der Waals surface area contributed by atoms with Crippen LogP contribution in [0.1, 0.15) is 25.7 Å². The zero-order chi connectivity index (χ0) is 14.5. The zero-order valence-corrected chi connectivity index (χ0v) is 12.2. The lowest BCUT2D eigenvalue weighted by Gasteiger charge is -2.14. The summed E-state index contributed by atoms with van der Waals surface area (Å²) in [5.41, 5.74) is 0.220. The minimum Gasteiger partial charge on any atom is -0.493 e. The van der Waals surface area contributed by atoms with Gasteiger partial charge in [0, 0.05) is 0 Å². The van der Waals surface area contributed by atoms with Gasteiger partial charge in [-0.1, -0.05) is 12.1 Å². The van der Waals surface area contributed by atoms with Gasteiger partial charge in [0.05, 0.1) is 18.1 Å². The average Bonchev–Trinajstić information content (AvgIpc) is 3.00. The molecule has 0 radical (unpaired) electrons. The topological polar surface area (TPSA) is 42.7 Å². The molecular formula is C17H21NO3. The van der Waals surface area contributed by atoms with Gasteiger partial charge >= 0.3 is 5.63 Å². The maximum absolute atomic E-state index is 11.5. The van der Waals surface area contributed by atoms with E-state index >= 15 is 0 Å². The molecule has 2 heterocycles.